The summed E-state index contributed by atoms with van der Waals surface area (Å²) in [6.07, 6.45) is 0.448. The molecule has 2 heterocycles. The van der Waals surface area contributed by atoms with Crippen molar-refractivity contribution in [3.63, 3.8) is 0 Å². The van der Waals surface area contributed by atoms with Crippen LogP contribution < -0.4 is 0 Å². The largest absolute Gasteiger partial charge is 0.461 e. The quantitative estimate of drug-likeness (QED) is 0.791. The van der Waals surface area contributed by atoms with E-state index in [-0.39, 0.29) is 18.4 Å². The molecule has 2 aromatic rings. The second kappa shape index (κ2) is 6.91. The molecule has 0 spiro atoms. The monoisotopic (exact) mass is 330 g/mol. The van der Waals surface area contributed by atoms with E-state index >= 15 is 0 Å². The smallest absolute Gasteiger partial charge is 0.358 e. The molecule has 5 nitrogen and oxygen atoms in total. The maximum Gasteiger partial charge on any atom is 0.358 e. The van der Waals surface area contributed by atoms with Gasteiger partial charge in [0.15, 0.2) is 5.69 Å². The summed E-state index contributed by atoms with van der Waals surface area (Å²) in [4.78, 5) is 30.8. The van der Waals surface area contributed by atoms with E-state index in [1.54, 1.807) is 10.4 Å². The molecule has 1 aromatic carbocycles. The lowest BCUT2D eigenvalue weighted by molar-refractivity contribution is -0.127. The normalized spacial score (nSPS) is 17.5. The summed E-state index contributed by atoms with van der Waals surface area (Å²) in [5.74, 6) is -0.218. The molecule has 0 radical (unpaired) electrons. The minimum absolute atomic E-state index is 0.0743. The van der Waals surface area contributed by atoms with E-state index in [2.05, 4.69) is 4.98 Å². The second-order valence-corrected chi connectivity index (χ2v) is 6.35. The molecular weight excluding hydrogens is 312 g/mol. The number of carbonyl (C=O) groups is 2. The Morgan fingerprint density at radius 1 is 1.39 bits per heavy atom. The van der Waals surface area contributed by atoms with Crippen molar-refractivity contribution >= 4 is 23.2 Å². The third-order valence-electron chi connectivity index (χ3n) is 3.92. The Balaban J connectivity index is 1.64. The first-order valence-corrected chi connectivity index (χ1v) is 8.50. The van der Waals surface area contributed by atoms with Gasteiger partial charge < -0.3 is 9.64 Å². The molecule has 1 aromatic heterocycles. The summed E-state index contributed by atoms with van der Waals surface area (Å²) in [6.45, 7) is 3.57. The predicted molar refractivity (Wildman–Crippen MR) is 88.2 cm³/mol. The number of hydrogen-bond acceptors (Lipinski definition) is 5. The van der Waals surface area contributed by atoms with E-state index in [0.717, 1.165) is 10.4 Å². The summed E-state index contributed by atoms with van der Waals surface area (Å²) in [6, 6.07) is 9.67. The van der Waals surface area contributed by atoms with Crippen LogP contribution in [0.25, 0.3) is 10.4 Å². The van der Waals surface area contributed by atoms with Crippen molar-refractivity contribution in [2.24, 2.45) is 5.92 Å². The first-order chi connectivity index (χ1) is 11.2. The average molecular weight is 330 g/mol. The molecule has 0 aliphatic carbocycles. The zero-order chi connectivity index (χ0) is 16.2. The third kappa shape index (κ3) is 3.42. The molecule has 1 aliphatic rings. The number of amides is 1. The minimum Gasteiger partial charge on any atom is -0.461 e. The summed E-state index contributed by atoms with van der Waals surface area (Å²) in [7, 11) is 0. The van der Waals surface area contributed by atoms with E-state index in [4.69, 9.17) is 4.74 Å². The molecule has 6 heteroatoms. The Morgan fingerprint density at radius 3 is 2.87 bits per heavy atom. The Morgan fingerprint density at radius 2 is 2.17 bits per heavy atom. The van der Waals surface area contributed by atoms with Crippen molar-refractivity contribution in [1.29, 1.82) is 0 Å². The van der Waals surface area contributed by atoms with E-state index in [1.807, 2.05) is 37.3 Å². The zero-order valence-corrected chi connectivity index (χ0v) is 13.7. The molecule has 0 N–H and O–H groups in total. The van der Waals surface area contributed by atoms with Crippen LogP contribution in [0.3, 0.4) is 0 Å². The van der Waals surface area contributed by atoms with E-state index in [1.165, 1.54) is 11.3 Å². The third-order valence-corrected chi connectivity index (χ3v) is 4.80. The number of carbonyl (C=O) groups excluding carboxylic acids is 2. The fraction of sp³-hybridized carbons (Fsp3) is 0.353. The number of aromatic nitrogens is 1. The second-order valence-electron chi connectivity index (χ2n) is 5.50. The molecule has 120 valence electrons. The van der Waals surface area contributed by atoms with Crippen LogP contribution in [0, 0.1) is 5.92 Å². The number of hydrogen-bond donors (Lipinski definition) is 0. The number of likely N-dealkylation sites (tertiary alicyclic amines) is 1. The van der Waals surface area contributed by atoms with Gasteiger partial charge in [-0.1, -0.05) is 30.3 Å². The minimum atomic E-state index is -0.424. The van der Waals surface area contributed by atoms with Crippen molar-refractivity contribution in [3.05, 3.63) is 41.5 Å². The van der Waals surface area contributed by atoms with Gasteiger partial charge >= 0.3 is 5.97 Å². The van der Waals surface area contributed by atoms with Gasteiger partial charge in [0.05, 0.1) is 17.0 Å². The predicted octanol–water partition coefficient (Wildman–Crippen LogP) is 2.84. The number of nitrogens with zero attached hydrogens (tertiary/aromatic N) is 2. The van der Waals surface area contributed by atoms with Crippen LogP contribution in [0.5, 0.6) is 0 Å². The van der Waals surface area contributed by atoms with Crippen LogP contribution in [-0.2, 0) is 9.53 Å². The fourth-order valence-corrected chi connectivity index (χ4v) is 3.50. The highest BCUT2D eigenvalue weighted by molar-refractivity contribution is 7.13. The molecule has 3 rings (SSSR count). The van der Waals surface area contributed by atoms with Gasteiger partial charge in [0.2, 0.25) is 5.91 Å². The van der Waals surface area contributed by atoms with Gasteiger partial charge in [-0.25, -0.2) is 9.78 Å². The van der Waals surface area contributed by atoms with Crippen LogP contribution in [0.1, 0.15) is 23.8 Å². The lowest BCUT2D eigenvalue weighted by Crippen LogP contribution is -2.25. The molecule has 1 aliphatic heterocycles. The van der Waals surface area contributed by atoms with Crippen LogP contribution in [0.4, 0.5) is 0 Å². The molecule has 1 atom stereocenters. The van der Waals surface area contributed by atoms with Crippen LogP contribution in [-0.4, -0.2) is 41.5 Å². The van der Waals surface area contributed by atoms with Gasteiger partial charge in [-0.05, 0) is 12.5 Å². The van der Waals surface area contributed by atoms with Crippen molar-refractivity contribution in [2.75, 3.05) is 19.7 Å². The first kappa shape index (κ1) is 15.7. The Bertz CT molecular complexity index is 699. The SMILES string of the molecule is CCN1C[C@@H](COC(=O)c2ncsc2-c2ccccc2)CC1=O. The van der Waals surface area contributed by atoms with Crippen LogP contribution in [0.15, 0.2) is 35.8 Å². The summed E-state index contributed by atoms with van der Waals surface area (Å²) >= 11 is 1.42. The highest BCUT2D eigenvalue weighted by Crippen LogP contribution is 2.28. The topological polar surface area (TPSA) is 59.5 Å². The van der Waals surface area contributed by atoms with Crippen molar-refractivity contribution in [3.8, 4) is 10.4 Å². The number of rotatable bonds is 5. The fourth-order valence-electron chi connectivity index (χ4n) is 2.72. The standard InChI is InChI=1S/C17H18N2O3S/c1-2-19-9-12(8-14(19)20)10-22-17(21)15-16(23-11-18-15)13-6-4-3-5-7-13/h3-7,11-12H,2,8-10H2,1H3/t12-/m0/s1. The van der Waals surface area contributed by atoms with Gasteiger partial charge in [-0.2, -0.15) is 0 Å². The Labute approximate surface area is 138 Å². The Kier molecular flexibility index (Phi) is 4.71. The van der Waals surface area contributed by atoms with Gasteiger partial charge in [-0.3, -0.25) is 4.79 Å². The molecule has 0 bridgehead atoms. The number of benzene rings is 1. The average Bonchev–Trinajstić information content (AvgIpc) is 3.20. The summed E-state index contributed by atoms with van der Waals surface area (Å²) in [5.41, 5.74) is 2.95. The van der Waals surface area contributed by atoms with Crippen LogP contribution >= 0.6 is 11.3 Å². The van der Waals surface area contributed by atoms with Gasteiger partial charge in [0.1, 0.15) is 0 Å². The molecule has 0 unspecified atom stereocenters. The molecule has 1 amide bonds. The highest BCUT2D eigenvalue weighted by atomic mass is 32.1. The highest BCUT2D eigenvalue weighted by Gasteiger charge is 2.29. The first-order valence-electron chi connectivity index (χ1n) is 7.62. The summed E-state index contributed by atoms with van der Waals surface area (Å²) in [5, 5.41) is 0. The van der Waals surface area contributed by atoms with Crippen LogP contribution in [0.2, 0.25) is 0 Å². The molecule has 23 heavy (non-hydrogen) atoms. The number of thiazole rings is 1. The van der Waals surface area contributed by atoms with Gasteiger partial charge in [-0.15, -0.1) is 11.3 Å². The lowest BCUT2D eigenvalue weighted by Gasteiger charge is -2.13. The van der Waals surface area contributed by atoms with E-state index in [0.29, 0.717) is 25.2 Å². The van der Waals surface area contributed by atoms with Gasteiger partial charge in [0.25, 0.3) is 0 Å². The van der Waals surface area contributed by atoms with Crippen molar-refractivity contribution in [2.45, 2.75) is 13.3 Å². The number of esters is 1. The molecule has 1 saturated heterocycles. The maximum absolute atomic E-state index is 12.3. The molecular formula is C17H18N2O3S. The number of ether oxygens (including phenoxy) is 1. The van der Waals surface area contributed by atoms with E-state index < -0.39 is 5.97 Å². The lowest BCUT2D eigenvalue weighted by atomic mass is 10.1. The van der Waals surface area contributed by atoms with E-state index in [9.17, 15) is 9.59 Å². The zero-order valence-electron chi connectivity index (χ0n) is 12.9. The van der Waals surface area contributed by atoms with Gasteiger partial charge in [0, 0.05) is 25.4 Å². The maximum atomic E-state index is 12.3. The van der Waals surface area contributed by atoms with Crippen molar-refractivity contribution < 1.29 is 14.3 Å². The summed E-state index contributed by atoms with van der Waals surface area (Å²) < 4.78 is 5.40. The molecule has 1 fully saturated rings. The van der Waals surface area contributed by atoms with Crippen molar-refractivity contribution in [1.82, 2.24) is 9.88 Å². The Hall–Kier alpha value is -2.21. The molecule has 0 saturated carbocycles.